The molecule has 0 aliphatic heterocycles. The summed E-state index contributed by atoms with van der Waals surface area (Å²) in [5, 5.41) is 2.46. The van der Waals surface area contributed by atoms with E-state index < -0.39 is 39.4 Å². The van der Waals surface area contributed by atoms with E-state index in [1.165, 1.54) is 7.05 Å². The summed E-state index contributed by atoms with van der Waals surface area (Å²) in [6.45, 7) is 5.13. The van der Waals surface area contributed by atoms with Gasteiger partial charge in [0, 0.05) is 18.5 Å². The second-order valence-electron chi connectivity index (χ2n) is 6.16. The van der Waals surface area contributed by atoms with Crippen molar-refractivity contribution in [3.63, 3.8) is 0 Å². The van der Waals surface area contributed by atoms with Crippen molar-refractivity contribution in [2.75, 3.05) is 7.05 Å². The molecule has 1 aromatic carbocycles. The van der Waals surface area contributed by atoms with Gasteiger partial charge in [0.2, 0.25) is 5.91 Å². The molecule has 0 aliphatic rings. The van der Waals surface area contributed by atoms with Crippen LogP contribution in [0.2, 0.25) is 5.02 Å². The molecule has 1 rings (SSSR count). The van der Waals surface area contributed by atoms with Gasteiger partial charge in [0.1, 0.15) is 0 Å². The first-order valence-corrected chi connectivity index (χ1v) is 8.64. The number of carbonyl (C=O) groups excluding carboxylic acids is 1. The highest BCUT2D eigenvalue weighted by Crippen LogP contribution is 2.35. The Hall–Kier alpha value is -1.12. The Labute approximate surface area is 146 Å². The predicted octanol–water partition coefficient (Wildman–Crippen LogP) is 3.59. The maximum atomic E-state index is 12.9. The van der Waals surface area contributed by atoms with Crippen molar-refractivity contribution in [2.24, 2.45) is 0 Å². The Kier molecular flexibility index (Phi) is 6.84. The molecule has 2 N–H and O–H groups in total. The monoisotopic (exact) mass is 384 g/mol. The third-order valence-corrected chi connectivity index (χ3v) is 5.13. The van der Waals surface area contributed by atoms with Crippen LogP contribution in [0.5, 0.6) is 0 Å². The normalized spacial score (nSPS) is 15.0. The zero-order valence-corrected chi connectivity index (χ0v) is 15.3. The van der Waals surface area contributed by atoms with E-state index in [0.717, 1.165) is 18.2 Å². The van der Waals surface area contributed by atoms with Crippen LogP contribution >= 0.6 is 11.6 Å². The van der Waals surface area contributed by atoms with Crippen LogP contribution in [0.3, 0.4) is 0 Å². The second-order valence-corrected chi connectivity index (χ2v) is 8.57. The van der Waals surface area contributed by atoms with E-state index in [9.17, 15) is 22.2 Å². The molecule has 0 radical (unpaired) electrons. The fourth-order valence-electron chi connectivity index (χ4n) is 1.80. The molecule has 4 nitrogen and oxygen atoms in total. The smallest absolute Gasteiger partial charge is 0.359 e. The van der Waals surface area contributed by atoms with Gasteiger partial charge in [-0.15, -0.1) is 0 Å². The molecule has 24 heavy (non-hydrogen) atoms. The van der Waals surface area contributed by atoms with Crippen LogP contribution in [0.15, 0.2) is 18.2 Å². The SMILES string of the molecule is CNC(=O)C[C@H](NS(=O)C(C)(C)C)c1cc(C(F)(F)F)ccc1Cl. The van der Waals surface area contributed by atoms with Crippen molar-refractivity contribution in [3.05, 3.63) is 34.3 Å². The molecule has 1 unspecified atom stereocenters. The van der Waals surface area contributed by atoms with Gasteiger partial charge in [0.05, 0.1) is 27.3 Å². The number of nitrogens with one attached hydrogen (secondary N) is 2. The van der Waals surface area contributed by atoms with Gasteiger partial charge in [0.15, 0.2) is 0 Å². The van der Waals surface area contributed by atoms with Crippen LogP contribution in [0.4, 0.5) is 13.2 Å². The van der Waals surface area contributed by atoms with Crippen molar-refractivity contribution < 1.29 is 22.2 Å². The highest BCUT2D eigenvalue weighted by atomic mass is 35.5. The molecule has 0 heterocycles. The molecule has 0 aliphatic carbocycles. The summed E-state index contributed by atoms with van der Waals surface area (Å²) in [6, 6.07) is 1.95. The third kappa shape index (κ3) is 5.75. The Morgan fingerprint density at radius 2 is 1.88 bits per heavy atom. The fourth-order valence-corrected chi connectivity index (χ4v) is 2.87. The van der Waals surface area contributed by atoms with Gasteiger partial charge < -0.3 is 5.32 Å². The number of amides is 1. The topological polar surface area (TPSA) is 58.2 Å². The highest BCUT2D eigenvalue weighted by molar-refractivity contribution is 7.84. The van der Waals surface area contributed by atoms with E-state index in [2.05, 4.69) is 10.0 Å². The highest BCUT2D eigenvalue weighted by Gasteiger charge is 2.33. The summed E-state index contributed by atoms with van der Waals surface area (Å²) >= 11 is 6.03. The lowest BCUT2D eigenvalue weighted by molar-refractivity contribution is -0.137. The minimum absolute atomic E-state index is 0.0651. The first-order chi connectivity index (χ1) is 10.9. The summed E-state index contributed by atoms with van der Waals surface area (Å²) in [5.41, 5.74) is -0.806. The molecular formula is C15H20ClF3N2O2S. The largest absolute Gasteiger partial charge is 0.416 e. The van der Waals surface area contributed by atoms with Crippen molar-refractivity contribution in [1.82, 2.24) is 10.0 Å². The fraction of sp³-hybridized carbons (Fsp3) is 0.533. The standard InChI is InChI=1S/C15H20ClF3N2O2S/c1-14(2,3)24(23)21-12(8-13(22)20-4)10-7-9(15(17,18)19)5-6-11(10)16/h5-7,12,21H,8H2,1-4H3,(H,20,22)/t12-,24?/m0/s1. The average Bonchev–Trinajstić information content (AvgIpc) is 2.44. The number of hydrogen-bond acceptors (Lipinski definition) is 2. The van der Waals surface area contributed by atoms with Gasteiger partial charge in [-0.05, 0) is 44.5 Å². The second kappa shape index (κ2) is 7.84. The lowest BCUT2D eigenvalue weighted by Crippen LogP contribution is -2.37. The number of hydrogen-bond donors (Lipinski definition) is 2. The van der Waals surface area contributed by atoms with Gasteiger partial charge in [-0.3, -0.25) is 4.79 Å². The molecule has 0 saturated carbocycles. The number of alkyl halides is 3. The van der Waals surface area contributed by atoms with Crippen LogP contribution < -0.4 is 10.0 Å². The number of halogens is 4. The number of rotatable bonds is 5. The lowest BCUT2D eigenvalue weighted by Gasteiger charge is -2.25. The summed E-state index contributed by atoms with van der Waals surface area (Å²) < 4.78 is 53.2. The van der Waals surface area contributed by atoms with E-state index in [0.29, 0.717) is 0 Å². The van der Waals surface area contributed by atoms with Crippen LogP contribution in [0, 0.1) is 0 Å². The molecule has 9 heteroatoms. The van der Waals surface area contributed by atoms with Crippen molar-refractivity contribution in [1.29, 1.82) is 0 Å². The van der Waals surface area contributed by atoms with Crippen molar-refractivity contribution in [3.8, 4) is 0 Å². The Morgan fingerprint density at radius 3 is 2.33 bits per heavy atom. The molecular weight excluding hydrogens is 365 g/mol. The number of benzene rings is 1. The molecule has 1 amide bonds. The first-order valence-electron chi connectivity index (χ1n) is 7.11. The van der Waals surface area contributed by atoms with Crippen LogP contribution in [-0.4, -0.2) is 21.9 Å². The Morgan fingerprint density at radius 1 is 1.29 bits per heavy atom. The quantitative estimate of drug-likeness (QED) is 0.815. The maximum Gasteiger partial charge on any atom is 0.416 e. The van der Waals surface area contributed by atoms with Gasteiger partial charge in [-0.2, -0.15) is 13.2 Å². The summed E-state index contributed by atoms with van der Waals surface area (Å²) in [7, 11) is -0.182. The van der Waals surface area contributed by atoms with Crippen LogP contribution in [0.25, 0.3) is 0 Å². The van der Waals surface area contributed by atoms with Gasteiger partial charge in [-0.1, -0.05) is 11.6 Å². The zero-order valence-electron chi connectivity index (χ0n) is 13.8. The number of carbonyl (C=O) groups is 1. The van der Waals surface area contributed by atoms with Gasteiger partial charge in [-0.25, -0.2) is 8.93 Å². The average molecular weight is 385 g/mol. The molecule has 0 spiro atoms. The summed E-state index contributed by atoms with van der Waals surface area (Å²) in [5.74, 6) is -0.410. The van der Waals surface area contributed by atoms with Crippen molar-refractivity contribution in [2.45, 2.75) is 44.2 Å². The first kappa shape index (κ1) is 20.9. The van der Waals surface area contributed by atoms with E-state index in [4.69, 9.17) is 11.6 Å². The van der Waals surface area contributed by atoms with E-state index in [-0.39, 0.29) is 17.0 Å². The van der Waals surface area contributed by atoms with E-state index in [1.54, 1.807) is 20.8 Å². The van der Waals surface area contributed by atoms with E-state index in [1.807, 2.05) is 0 Å². The maximum absolute atomic E-state index is 12.9. The molecule has 1 aromatic rings. The lowest BCUT2D eigenvalue weighted by atomic mass is 10.0. The predicted molar refractivity (Wildman–Crippen MR) is 88.9 cm³/mol. The van der Waals surface area contributed by atoms with E-state index >= 15 is 0 Å². The molecule has 136 valence electrons. The molecule has 0 fully saturated rings. The van der Waals surface area contributed by atoms with Gasteiger partial charge >= 0.3 is 6.18 Å². The molecule has 0 bridgehead atoms. The summed E-state index contributed by atoms with van der Waals surface area (Å²) in [6.07, 6.45) is -4.74. The van der Waals surface area contributed by atoms with Crippen LogP contribution in [0.1, 0.15) is 44.4 Å². The Bertz CT molecular complexity index is 630. The molecule has 0 aromatic heterocycles. The third-order valence-electron chi connectivity index (χ3n) is 3.17. The zero-order chi connectivity index (χ0) is 18.7. The van der Waals surface area contributed by atoms with Crippen LogP contribution in [-0.2, 0) is 22.0 Å². The Balaban J connectivity index is 3.28. The van der Waals surface area contributed by atoms with Gasteiger partial charge in [0.25, 0.3) is 0 Å². The molecule has 2 atom stereocenters. The minimum Gasteiger partial charge on any atom is -0.359 e. The summed E-state index contributed by atoms with van der Waals surface area (Å²) in [4.78, 5) is 11.7. The minimum atomic E-state index is -4.54. The molecule has 0 saturated heterocycles. The van der Waals surface area contributed by atoms with Crippen molar-refractivity contribution >= 4 is 28.5 Å².